The molecule has 0 spiro atoms. The van der Waals surface area contributed by atoms with Gasteiger partial charge >= 0.3 is 11.9 Å². The Morgan fingerprint density at radius 3 is 2.36 bits per heavy atom. The highest BCUT2D eigenvalue weighted by molar-refractivity contribution is 5.93. The van der Waals surface area contributed by atoms with Crippen LogP contribution in [-0.2, 0) is 14.3 Å². The number of benzene rings is 1. The third-order valence-corrected chi connectivity index (χ3v) is 3.78. The van der Waals surface area contributed by atoms with Gasteiger partial charge in [-0.25, -0.2) is 9.59 Å². The lowest BCUT2D eigenvalue weighted by atomic mass is 9.85. The zero-order valence-corrected chi connectivity index (χ0v) is 13.0. The number of carbonyl (C=O) groups is 2. The van der Waals surface area contributed by atoms with E-state index in [1.807, 2.05) is 13.0 Å². The topological polar surface area (TPSA) is 61.8 Å². The summed E-state index contributed by atoms with van der Waals surface area (Å²) in [5, 5.41) is 0. The van der Waals surface area contributed by atoms with E-state index in [0.717, 1.165) is 5.57 Å². The standard InChI is InChI=1S/C17H20O5/c1-12-5-4-10-17(11-12,16(19)21-3)22-15(18)13-6-8-14(20-2)9-7-13/h5-9H,4,10-11H2,1-3H3. The molecule has 118 valence electrons. The number of methoxy groups -OCH3 is 2. The van der Waals surface area contributed by atoms with Crippen molar-refractivity contribution >= 4 is 11.9 Å². The molecule has 2 rings (SSSR count). The molecular weight excluding hydrogens is 284 g/mol. The predicted molar refractivity (Wildman–Crippen MR) is 80.8 cm³/mol. The Labute approximate surface area is 129 Å². The molecule has 0 aromatic heterocycles. The summed E-state index contributed by atoms with van der Waals surface area (Å²) >= 11 is 0. The molecule has 0 radical (unpaired) electrons. The molecular formula is C17H20O5. The number of hydrogen-bond donors (Lipinski definition) is 0. The van der Waals surface area contributed by atoms with Crippen LogP contribution in [0.5, 0.6) is 5.75 Å². The van der Waals surface area contributed by atoms with E-state index in [4.69, 9.17) is 14.2 Å². The third-order valence-electron chi connectivity index (χ3n) is 3.78. The van der Waals surface area contributed by atoms with Crippen LogP contribution in [0.1, 0.15) is 36.5 Å². The first-order valence-electron chi connectivity index (χ1n) is 7.12. The van der Waals surface area contributed by atoms with Crippen molar-refractivity contribution < 1.29 is 23.8 Å². The zero-order valence-electron chi connectivity index (χ0n) is 13.0. The first-order valence-corrected chi connectivity index (χ1v) is 7.12. The lowest BCUT2D eigenvalue weighted by Crippen LogP contribution is -2.45. The van der Waals surface area contributed by atoms with E-state index in [1.165, 1.54) is 7.11 Å². The van der Waals surface area contributed by atoms with Crippen molar-refractivity contribution in [2.45, 2.75) is 31.8 Å². The number of esters is 2. The van der Waals surface area contributed by atoms with Crippen LogP contribution in [0, 0.1) is 0 Å². The summed E-state index contributed by atoms with van der Waals surface area (Å²) < 4.78 is 15.5. The zero-order chi connectivity index (χ0) is 16.2. The molecule has 0 saturated carbocycles. The Morgan fingerprint density at radius 2 is 1.82 bits per heavy atom. The predicted octanol–water partition coefficient (Wildman–Crippen LogP) is 2.89. The van der Waals surface area contributed by atoms with E-state index >= 15 is 0 Å². The SMILES string of the molecule is COC(=O)C1(OC(=O)c2ccc(OC)cc2)CCC=C(C)C1. The molecule has 0 fully saturated rings. The molecule has 1 atom stereocenters. The van der Waals surface area contributed by atoms with Crippen LogP contribution in [0.15, 0.2) is 35.9 Å². The van der Waals surface area contributed by atoms with Crippen LogP contribution in [0.25, 0.3) is 0 Å². The van der Waals surface area contributed by atoms with Gasteiger partial charge in [0.15, 0.2) is 0 Å². The molecule has 0 saturated heterocycles. The summed E-state index contributed by atoms with van der Waals surface area (Å²) in [6, 6.07) is 6.57. The molecule has 0 heterocycles. The monoisotopic (exact) mass is 304 g/mol. The molecule has 0 amide bonds. The minimum Gasteiger partial charge on any atom is -0.497 e. The number of ether oxygens (including phenoxy) is 3. The fraction of sp³-hybridized carbons (Fsp3) is 0.412. The Hall–Kier alpha value is -2.30. The van der Waals surface area contributed by atoms with E-state index in [9.17, 15) is 9.59 Å². The van der Waals surface area contributed by atoms with Gasteiger partial charge < -0.3 is 14.2 Å². The smallest absolute Gasteiger partial charge is 0.350 e. The minimum absolute atomic E-state index is 0.363. The van der Waals surface area contributed by atoms with Crippen LogP contribution in [0.2, 0.25) is 0 Å². The van der Waals surface area contributed by atoms with Gasteiger partial charge in [-0.05, 0) is 37.6 Å². The average Bonchev–Trinajstić information content (AvgIpc) is 2.54. The van der Waals surface area contributed by atoms with E-state index in [1.54, 1.807) is 31.4 Å². The number of carbonyl (C=O) groups excluding carboxylic acids is 2. The van der Waals surface area contributed by atoms with E-state index in [0.29, 0.717) is 30.6 Å². The van der Waals surface area contributed by atoms with Crippen LogP contribution >= 0.6 is 0 Å². The molecule has 5 nitrogen and oxygen atoms in total. The van der Waals surface area contributed by atoms with Gasteiger partial charge in [0.05, 0.1) is 19.8 Å². The largest absolute Gasteiger partial charge is 0.497 e. The molecule has 1 aromatic rings. The highest BCUT2D eigenvalue weighted by atomic mass is 16.6. The van der Waals surface area contributed by atoms with Crippen molar-refractivity contribution in [2.75, 3.05) is 14.2 Å². The van der Waals surface area contributed by atoms with E-state index < -0.39 is 17.5 Å². The van der Waals surface area contributed by atoms with Crippen LogP contribution in [0.3, 0.4) is 0 Å². The first-order chi connectivity index (χ1) is 10.5. The molecule has 0 N–H and O–H groups in total. The van der Waals surface area contributed by atoms with E-state index in [2.05, 4.69) is 0 Å². The van der Waals surface area contributed by atoms with Gasteiger partial charge in [-0.1, -0.05) is 11.6 Å². The van der Waals surface area contributed by atoms with Crippen molar-refractivity contribution in [3.63, 3.8) is 0 Å². The van der Waals surface area contributed by atoms with Gasteiger partial charge in [-0.2, -0.15) is 0 Å². The van der Waals surface area contributed by atoms with Crippen molar-refractivity contribution in [3.8, 4) is 5.75 Å². The summed E-state index contributed by atoms with van der Waals surface area (Å²) in [7, 11) is 2.86. The summed E-state index contributed by atoms with van der Waals surface area (Å²) in [6.07, 6.45) is 3.51. The Bertz CT molecular complexity index is 588. The fourth-order valence-corrected chi connectivity index (χ4v) is 2.62. The quantitative estimate of drug-likeness (QED) is 0.632. The minimum atomic E-state index is -1.23. The molecule has 1 aliphatic rings. The van der Waals surface area contributed by atoms with Gasteiger partial charge in [0, 0.05) is 12.8 Å². The van der Waals surface area contributed by atoms with Gasteiger partial charge in [-0.15, -0.1) is 0 Å². The Kier molecular flexibility index (Phi) is 4.85. The molecule has 1 unspecified atom stereocenters. The second-order valence-corrected chi connectivity index (χ2v) is 5.37. The summed E-state index contributed by atoms with van der Waals surface area (Å²) in [4.78, 5) is 24.5. The molecule has 1 aliphatic carbocycles. The first kappa shape index (κ1) is 16.1. The maximum Gasteiger partial charge on any atom is 0.350 e. The number of hydrogen-bond acceptors (Lipinski definition) is 5. The summed E-state index contributed by atoms with van der Waals surface area (Å²) in [5.41, 5.74) is 0.153. The second kappa shape index (κ2) is 6.64. The fourth-order valence-electron chi connectivity index (χ4n) is 2.62. The van der Waals surface area contributed by atoms with Crippen molar-refractivity contribution in [1.29, 1.82) is 0 Å². The normalized spacial score (nSPS) is 20.8. The molecule has 0 bridgehead atoms. The van der Waals surface area contributed by atoms with Gasteiger partial charge in [-0.3, -0.25) is 0 Å². The van der Waals surface area contributed by atoms with Gasteiger partial charge in [0.2, 0.25) is 5.60 Å². The molecule has 1 aromatic carbocycles. The Balaban J connectivity index is 2.21. The third kappa shape index (κ3) is 3.30. The lowest BCUT2D eigenvalue weighted by molar-refractivity contribution is -0.164. The van der Waals surface area contributed by atoms with Crippen LogP contribution in [-0.4, -0.2) is 31.8 Å². The number of allylic oxidation sites excluding steroid dienone is 1. The second-order valence-electron chi connectivity index (χ2n) is 5.37. The highest BCUT2D eigenvalue weighted by Gasteiger charge is 2.44. The lowest BCUT2D eigenvalue weighted by Gasteiger charge is -2.33. The van der Waals surface area contributed by atoms with Gasteiger partial charge in [0.25, 0.3) is 0 Å². The van der Waals surface area contributed by atoms with Crippen molar-refractivity contribution in [2.24, 2.45) is 0 Å². The Morgan fingerprint density at radius 1 is 1.14 bits per heavy atom. The van der Waals surface area contributed by atoms with Crippen LogP contribution < -0.4 is 4.74 Å². The van der Waals surface area contributed by atoms with Crippen molar-refractivity contribution in [3.05, 3.63) is 41.5 Å². The number of rotatable bonds is 4. The van der Waals surface area contributed by atoms with Crippen molar-refractivity contribution in [1.82, 2.24) is 0 Å². The van der Waals surface area contributed by atoms with Crippen LogP contribution in [0.4, 0.5) is 0 Å². The summed E-state index contributed by atoms with van der Waals surface area (Å²) in [6.45, 7) is 1.91. The molecule has 0 aliphatic heterocycles. The summed E-state index contributed by atoms with van der Waals surface area (Å²) in [5.74, 6) is -0.403. The average molecular weight is 304 g/mol. The maximum atomic E-state index is 12.4. The molecule has 22 heavy (non-hydrogen) atoms. The highest BCUT2D eigenvalue weighted by Crippen LogP contribution is 2.33. The molecule has 5 heteroatoms. The van der Waals surface area contributed by atoms with Gasteiger partial charge in [0.1, 0.15) is 5.75 Å². The van der Waals surface area contributed by atoms with E-state index in [-0.39, 0.29) is 0 Å². The maximum absolute atomic E-state index is 12.4.